The second-order valence-electron chi connectivity index (χ2n) is 3.49. The van der Waals surface area contributed by atoms with Gasteiger partial charge in [0.25, 0.3) is 5.91 Å². The molecular weight excluding hydrogens is 314 g/mol. The number of anilines is 1. The van der Waals surface area contributed by atoms with E-state index in [1.54, 1.807) is 24.3 Å². The molecule has 2 aromatic rings. The number of nitrogens with one attached hydrogen (secondary N) is 1. The smallest absolute Gasteiger partial charge is 0.356 e. The van der Waals surface area contributed by atoms with Crippen LogP contribution >= 0.6 is 15.9 Å². The summed E-state index contributed by atoms with van der Waals surface area (Å²) in [5, 5.41) is 11.5. The maximum absolute atomic E-state index is 12.0. The molecule has 1 amide bonds. The molecule has 0 atom stereocenters. The minimum Gasteiger partial charge on any atom is -0.476 e. The summed E-state index contributed by atoms with van der Waals surface area (Å²) in [5.74, 6) is -1.93. The Morgan fingerprint density at radius 2 is 1.74 bits per heavy atom. The summed E-state index contributed by atoms with van der Waals surface area (Å²) in [6, 6.07) is 6.98. The Balaban J connectivity index is 2.31. The van der Waals surface area contributed by atoms with Gasteiger partial charge in [-0.3, -0.25) is 4.79 Å². The third-order valence-corrected chi connectivity index (χ3v) is 2.93. The third-order valence-electron chi connectivity index (χ3n) is 2.24. The van der Waals surface area contributed by atoms with Gasteiger partial charge in [-0.25, -0.2) is 14.8 Å². The summed E-state index contributed by atoms with van der Waals surface area (Å²) in [5.41, 5.74) is -0.0905. The van der Waals surface area contributed by atoms with Crippen molar-refractivity contribution < 1.29 is 14.7 Å². The number of rotatable bonds is 3. The number of carbonyl (C=O) groups excluding carboxylic acids is 1. The van der Waals surface area contributed by atoms with Crippen LogP contribution in [0.5, 0.6) is 0 Å². The Hall–Kier alpha value is -2.28. The van der Waals surface area contributed by atoms with Crippen molar-refractivity contribution in [2.45, 2.75) is 0 Å². The monoisotopic (exact) mass is 321 g/mol. The number of benzene rings is 1. The number of nitrogens with zero attached hydrogens (tertiary/aromatic N) is 2. The highest BCUT2D eigenvalue weighted by Crippen LogP contribution is 2.21. The van der Waals surface area contributed by atoms with E-state index in [1.165, 1.54) is 12.4 Å². The third kappa shape index (κ3) is 2.94. The van der Waals surface area contributed by atoms with Gasteiger partial charge in [0.05, 0.1) is 5.69 Å². The number of hydrogen-bond acceptors (Lipinski definition) is 4. The zero-order chi connectivity index (χ0) is 13.8. The highest BCUT2D eigenvalue weighted by Gasteiger charge is 2.19. The molecule has 0 saturated heterocycles. The second kappa shape index (κ2) is 5.57. The van der Waals surface area contributed by atoms with Crippen LogP contribution in [0.4, 0.5) is 5.69 Å². The molecule has 0 saturated carbocycles. The van der Waals surface area contributed by atoms with Crippen LogP contribution in [0.1, 0.15) is 21.0 Å². The first-order chi connectivity index (χ1) is 9.09. The normalized spacial score (nSPS) is 9.95. The zero-order valence-corrected chi connectivity index (χ0v) is 11.1. The zero-order valence-electron chi connectivity index (χ0n) is 9.50. The number of carbonyl (C=O) groups is 2. The summed E-state index contributed by atoms with van der Waals surface area (Å²) >= 11 is 3.28. The molecule has 1 heterocycles. The first kappa shape index (κ1) is 13.2. The first-order valence-electron chi connectivity index (χ1n) is 5.20. The van der Waals surface area contributed by atoms with E-state index >= 15 is 0 Å². The van der Waals surface area contributed by atoms with Crippen molar-refractivity contribution in [1.29, 1.82) is 0 Å². The number of halogens is 1. The van der Waals surface area contributed by atoms with Crippen LogP contribution < -0.4 is 5.32 Å². The van der Waals surface area contributed by atoms with Crippen LogP contribution in [0.3, 0.4) is 0 Å². The molecule has 2 rings (SSSR count). The Morgan fingerprint density at radius 1 is 1.11 bits per heavy atom. The number of carboxylic acids is 1. The standard InChI is InChI=1S/C12H8BrN3O3/c13-7-3-1-2-4-8(7)16-11(17)9-10(12(18)19)15-6-5-14-9/h1-6H,(H,16,17)(H,18,19). The molecule has 19 heavy (non-hydrogen) atoms. The molecule has 0 aliphatic rings. The van der Waals surface area contributed by atoms with E-state index in [2.05, 4.69) is 31.2 Å². The van der Waals surface area contributed by atoms with Crippen LogP contribution in [0.15, 0.2) is 41.1 Å². The Morgan fingerprint density at radius 3 is 2.37 bits per heavy atom. The van der Waals surface area contributed by atoms with E-state index in [9.17, 15) is 9.59 Å². The highest BCUT2D eigenvalue weighted by atomic mass is 79.9. The van der Waals surface area contributed by atoms with Gasteiger partial charge < -0.3 is 10.4 Å². The second-order valence-corrected chi connectivity index (χ2v) is 4.35. The van der Waals surface area contributed by atoms with E-state index in [1.807, 2.05) is 0 Å². The van der Waals surface area contributed by atoms with Gasteiger partial charge in [-0.15, -0.1) is 0 Å². The minimum absolute atomic E-state index is 0.231. The highest BCUT2D eigenvalue weighted by molar-refractivity contribution is 9.10. The van der Waals surface area contributed by atoms with Crippen LogP contribution in [0.25, 0.3) is 0 Å². The molecule has 0 spiro atoms. The molecule has 2 N–H and O–H groups in total. The number of para-hydroxylation sites is 1. The molecule has 0 unspecified atom stereocenters. The van der Waals surface area contributed by atoms with Crippen molar-refractivity contribution in [1.82, 2.24) is 9.97 Å². The summed E-state index contributed by atoms with van der Waals surface area (Å²) in [6.07, 6.45) is 2.49. The lowest BCUT2D eigenvalue weighted by Crippen LogP contribution is -2.19. The molecule has 96 valence electrons. The van der Waals surface area contributed by atoms with Gasteiger partial charge in [-0.1, -0.05) is 12.1 Å². The SMILES string of the molecule is O=C(O)c1nccnc1C(=O)Nc1ccccc1Br. The molecule has 0 radical (unpaired) electrons. The molecule has 1 aromatic heterocycles. The van der Waals surface area contributed by atoms with Gasteiger partial charge in [0.15, 0.2) is 11.4 Å². The fourth-order valence-corrected chi connectivity index (χ4v) is 1.79. The van der Waals surface area contributed by atoms with Crippen molar-refractivity contribution in [2.24, 2.45) is 0 Å². The molecule has 0 bridgehead atoms. The van der Waals surface area contributed by atoms with Crippen molar-refractivity contribution >= 4 is 33.5 Å². The number of aromatic carboxylic acids is 1. The molecule has 0 aliphatic heterocycles. The lowest BCUT2D eigenvalue weighted by Gasteiger charge is -2.07. The van der Waals surface area contributed by atoms with Crippen molar-refractivity contribution in [3.8, 4) is 0 Å². The topological polar surface area (TPSA) is 92.2 Å². The Bertz CT molecular complexity index is 646. The average Bonchev–Trinajstić information content (AvgIpc) is 2.41. The molecule has 1 aromatic carbocycles. The van der Waals surface area contributed by atoms with Crippen LogP contribution in [0.2, 0.25) is 0 Å². The summed E-state index contributed by atoms with van der Waals surface area (Å²) < 4.78 is 0.684. The van der Waals surface area contributed by atoms with E-state index in [0.29, 0.717) is 10.2 Å². The van der Waals surface area contributed by atoms with Crippen molar-refractivity contribution in [3.63, 3.8) is 0 Å². The number of hydrogen-bond donors (Lipinski definition) is 2. The Kier molecular flexibility index (Phi) is 3.86. The van der Waals surface area contributed by atoms with Gasteiger partial charge in [-0.05, 0) is 28.1 Å². The fraction of sp³-hybridized carbons (Fsp3) is 0. The number of carboxylic acid groups (broad SMARTS) is 1. The predicted molar refractivity (Wildman–Crippen MR) is 71.1 cm³/mol. The quantitative estimate of drug-likeness (QED) is 0.904. The lowest BCUT2D eigenvalue weighted by molar-refractivity contribution is 0.0685. The largest absolute Gasteiger partial charge is 0.476 e. The maximum Gasteiger partial charge on any atom is 0.356 e. The van der Waals surface area contributed by atoms with E-state index in [4.69, 9.17) is 5.11 Å². The molecule has 0 aliphatic carbocycles. The van der Waals surface area contributed by atoms with Gasteiger partial charge in [0.2, 0.25) is 0 Å². The average molecular weight is 322 g/mol. The van der Waals surface area contributed by atoms with Gasteiger partial charge >= 0.3 is 5.97 Å². The van der Waals surface area contributed by atoms with Crippen LogP contribution in [0, 0.1) is 0 Å². The fourth-order valence-electron chi connectivity index (χ4n) is 1.40. The molecule has 7 heteroatoms. The van der Waals surface area contributed by atoms with E-state index in [-0.39, 0.29) is 11.4 Å². The van der Waals surface area contributed by atoms with Crippen LogP contribution in [-0.2, 0) is 0 Å². The Labute approximate surface area is 116 Å². The van der Waals surface area contributed by atoms with Gasteiger partial charge in [0.1, 0.15) is 0 Å². The summed E-state index contributed by atoms with van der Waals surface area (Å²) in [4.78, 5) is 30.3. The van der Waals surface area contributed by atoms with Crippen molar-refractivity contribution in [2.75, 3.05) is 5.32 Å². The number of amides is 1. The molecule has 6 nitrogen and oxygen atoms in total. The van der Waals surface area contributed by atoms with E-state index in [0.717, 1.165) is 0 Å². The molecule has 0 fully saturated rings. The minimum atomic E-state index is -1.30. The van der Waals surface area contributed by atoms with Gasteiger partial charge in [-0.2, -0.15) is 0 Å². The lowest BCUT2D eigenvalue weighted by atomic mass is 10.2. The maximum atomic E-state index is 12.0. The summed E-state index contributed by atoms with van der Waals surface area (Å²) in [7, 11) is 0. The first-order valence-corrected chi connectivity index (χ1v) is 5.99. The van der Waals surface area contributed by atoms with E-state index < -0.39 is 11.9 Å². The summed E-state index contributed by atoms with van der Waals surface area (Å²) in [6.45, 7) is 0. The van der Waals surface area contributed by atoms with Crippen molar-refractivity contribution in [3.05, 3.63) is 52.5 Å². The molecular formula is C12H8BrN3O3. The van der Waals surface area contributed by atoms with Gasteiger partial charge in [0, 0.05) is 16.9 Å². The predicted octanol–water partition coefficient (Wildman–Crippen LogP) is 2.19. The number of aromatic nitrogens is 2. The van der Waals surface area contributed by atoms with Crippen LogP contribution in [-0.4, -0.2) is 27.0 Å².